The Bertz CT molecular complexity index is 1410. The fraction of sp³-hybridized carbons (Fsp3) is 0.217. The number of piperidine rings is 1. The van der Waals surface area contributed by atoms with E-state index in [9.17, 15) is 13.2 Å². The van der Waals surface area contributed by atoms with Crippen LogP contribution in [0, 0.1) is 5.92 Å². The van der Waals surface area contributed by atoms with Crippen molar-refractivity contribution < 1.29 is 13.2 Å². The van der Waals surface area contributed by atoms with Crippen LogP contribution in [-0.2, 0) is 14.8 Å². The van der Waals surface area contributed by atoms with Gasteiger partial charge in [0.25, 0.3) is 10.0 Å². The molecule has 2 N–H and O–H groups in total. The molecular formula is C23H23N9O3S. The third-order valence-electron chi connectivity index (χ3n) is 5.75. The van der Waals surface area contributed by atoms with Crippen molar-refractivity contribution >= 4 is 33.4 Å². The van der Waals surface area contributed by atoms with Gasteiger partial charge in [0.2, 0.25) is 11.9 Å². The monoisotopic (exact) mass is 505 g/mol. The van der Waals surface area contributed by atoms with Gasteiger partial charge in [-0.15, -0.1) is 10.2 Å². The highest BCUT2D eigenvalue weighted by Crippen LogP contribution is 2.24. The van der Waals surface area contributed by atoms with Crippen LogP contribution < -0.4 is 14.9 Å². The molecular weight excluding hydrogens is 482 g/mol. The molecule has 1 unspecified atom stereocenters. The molecule has 1 saturated heterocycles. The Labute approximate surface area is 207 Å². The average Bonchev–Trinajstić information content (AvgIpc) is 3.45. The van der Waals surface area contributed by atoms with Gasteiger partial charge in [-0.25, -0.2) is 28.1 Å². The predicted molar refractivity (Wildman–Crippen MR) is 132 cm³/mol. The Balaban J connectivity index is 1.20. The second-order valence-corrected chi connectivity index (χ2v) is 9.88. The summed E-state index contributed by atoms with van der Waals surface area (Å²) in [5, 5.41) is 11.5. The molecule has 0 bridgehead atoms. The lowest BCUT2D eigenvalue weighted by Crippen LogP contribution is -2.41. The molecule has 13 heteroatoms. The van der Waals surface area contributed by atoms with Gasteiger partial charge in [-0.05, 0) is 55.3 Å². The van der Waals surface area contributed by atoms with Crippen molar-refractivity contribution in [2.75, 3.05) is 28.0 Å². The van der Waals surface area contributed by atoms with E-state index in [0.29, 0.717) is 23.9 Å². The fourth-order valence-corrected chi connectivity index (χ4v) is 4.87. The second kappa shape index (κ2) is 10.1. The first-order valence-electron chi connectivity index (χ1n) is 11.3. The number of anilines is 3. The maximum Gasteiger partial charge on any atom is 0.264 e. The van der Waals surface area contributed by atoms with Crippen LogP contribution in [0.2, 0.25) is 0 Å². The fourth-order valence-electron chi connectivity index (χ4n) is 3.91. The molecule has 0 saturated carbocycles. The molecule has 12 nitrogen and oxygen atoms in total. The molecule has 5 rings (SSSR count). The zero-order chi connectivity index (χ0) is 25.0. The van der Waals surface area contributed by atoms with E-state index in [1.807, 2.05) is 17.0 Å². The molecule has 1 aliphatic heterocycles. The minimum Gasteiger partial charge on any atom is -0.354 e. The van der Waals surface area contributed by atoms with Crippen molar-refractivity contribution in [2.24, 2.45) is 5.92 Å². The van der Waals surface area contributed by atoms with Crippen LogP contribution >= 0.6 is 0 Å². The third-order valence-corrected chi connectivity index (χ3v) is 7.09. The summed E-state index contributed by atoms with van der Waals surface area (Å²) >= 11 is 0. The Morgan fingerprint density at radius 1 is 0.972 bits per heavy atom. The van der Waals surface area contributed by atoms with Crippen molar-refractivity contribution in [3.63, 3.8) is 0 Å². The van der Waals surface area contributed by atoms with E-state index in [1.54, 1.807) is 41.5 Å². The summed E-state index contributed by atoms with van der Waals surface area (Å²) in [5.41, 5.74) is 0.511. The second-order valence-electron chi connectivity index (χ2n) is 8.20. The number of imidazole rings is 1. The van der Waals surface area contributed by atoms with E-state index in [2.05, 4.69) is 35.2 Å². The van der Waals surface area contributed by atoms with Crippen LogP contribution in [0.3, 0.4) is 0 Å². The highest BCUT2D eigenvalue weighted by Gasteiger charge is 2.27. The highest BCUT2D eigenvalue weighted by molar-refractivity contribution is 7.92. The third kappa shape index (κ3) is 5.30. The van der Waals surface area contributed by atoms with E-state index in [-0.39, 0.29) is 22.7 Å². The van der Waals surface area contributed by atoms with Crippen LogP contribution in [0.25, 0.3) is 5.82 Å². The largest absolute Gasteiger partial charge is 0.354 e. The zero-order valence-corrected chi connectivity index (χ0v) is 19.9. The first kappa shape index (κ1) is 23.4. The molecule has 184 valence electrons. The van der Waals surface area contributed by atoms with Crippen LogP contribution in [0.5, 0.6) is 0 Å². The molecule has 0 radical (unpaired) electrons. The zero-order valence-electron chi connectivity index (χ0n) is 19.1. The first-order chi connectivity index (χ1) is 17.5. The van der Waals surface area contributed by atoms with Crippen molar-refractivity contribution in [3.8, 4) is 5.82 Å². The Morgan fingerprint density at radius 3 is 2.42 bits per heavy atom. The van der Waals surface area contributed by atoms with E-state index in [4.69, 9.17) is 0 Å². The lowest BCUT2D eigenvalue weighted by Gasteiger charge is -2.32. The molecule has 4 heterocycles. The summed E-state index contributed by atoms with van der Waals surface area (Å²) in [4.78, 5) is 26.8. The number of amides is 1. The molecule has 36 heavy (non-hydrogen) atoms. The molecule has 3 aromatic heterocycles. The van der Waals surface area contributed by atoms with Crippen molar-refractivity contribution in [3.05, 3.63) is 73.6 Å². The number of hydrogen-bond acceptors (Lipinski definition) is 9. The summed E-state index contributed by atoms with van der Waals surface area (Å²) in [7, 11) is -3.85. The van der Waals surface area contributed by atoms with Gasteiger partial charge >= 0.3 is 0 Å². The normalized spacial score (nSPS) is 15.9. The average molecular weight is 506 g/mol. The number of benzene rings is 1. The molecule has 1 fully saturated rings. The molecule has 4 aromatic rings. The maximum absolute atomic E-state index is 12.9. The van der Waals surface area contributed by atoms with E-state index in [0.717, 1.165) is 19.4 Å². The standard InChI is InChI=1S/C23H23N9O3S/c33-22(27-18-4-6-19(7-5-18)36(34,35)30-23-25-10-2-11-26-23)17-3-1-13-31(15-17)20-8-9-21(29-28-20)32-14-12-24-16-32/h2,4-12,14,16-17H,1,3,13,15H2,(H,27,33)(H,25,26,30). The summed E-state index contributed by atoms with van der Waals surface area (Å²) in [5.74, 6) is 0.987. The number of sulfonamides is 1. The van der Waals surface area contributed by atoms with E-state index < -0.39 is 10.0 Å². The summed E-state index contributed by atoms with van der Waals surface area (Å²) < 4.78 is 29.2. The molecule has 1 aliphatic rings. The lowest BCUT2D eigenvalue weighted by atomic mass is 9.97. The maximum atomic E-state index is 12.9. The molecule has 0 spiro atoms. The number of aromatic nitrogens is 6. The number of nitrogens with zero attached hydrogens (tertiary/aromatic N) is 7. The van der Waals surface area contributed by atoms with Gasteiger partial charge in [-0.3, -0.25) is 9.36 Å². The van der Waals surface area contributed by atoms with Crippen LogP contribution in [0.1, 0.15) is 12.8 Å². The number of nitrogens with one attached hydrogen (secondary N) is 2. The van der Waals surface area contributed by atoms with Crippen LogP contribution in [0.15, 0.2) is 78.5 Å². The molecule has 1 atom stereocenters. The van der Waals surface area contributed by atoms with Gasteiger partial charge in [-0.1, -0.05) is 0 Å². The number of hydrogen-bond donors (Lipinski definition) is 2. The molecule has 1 amide bonds. The number of rotatable bonds is 7. The van der Waals surface area contributed by atoms with E-state index >= 15 is 0 Å². The highest BCUT2D eigenvalue weighted by atomic mass is 32.2. The van der Waals surface area contributed by atoms with Gasteiger partial charge in [-0.2, -0.15) is 0 Å². The predicted octanol–water partition coefficient (Wildman–Crippen LogP) is 2.11. The smallest absolute Gasteiger partial charge is 0.264 e. The number of carbonyl (C=O) groups is 1. The van der Waals surface area contributed by atoms with Crippen LogP contribution in [-0.4, -0.2) is 57.1 Å². The van der Waals surface area contributed by atoms with Gasteiger partial charge in [0.1, 0.15) is 6.33 Å². The topological polar surface area (TPSA) is 148 Å². The first-order valence-corrected chi connectivity index (χ1v) is 12.7. The van der Waals surface area contributed by atoms with Gasteiger partial charge in [0.05, 0.1) is 10.8 Å². The summed E-state index contributed by atoms with van der Waals surface area (Å²) in [6.07, 6.45) is 9.59. The lowest BCUT2D eigenvalue weighted by molar-refractivity contribution is -0.120. The Morgan fingerprint density at radius 2 is 1.72 bits per heavy atom. The SMILES string of the molecule is O=C(Nc1ccc(S(=O)(=O)Nc2ncccn2)cc1)C1CCCN(c2ccc(-n3ccnc3)nn2)C1. The Kier molecular flexibility index (Phi) is 6.54. The molecule has 0 aliphatic carbocycles. The van der Waals surface area contributed by atoms with Gasteiger partial charge in [0.15, 0.2) is 11.6 Å². The van der Waals surface area contributed by atoms with Gasteiger partial charge in [0, 0.05) is 43.6 Å². The minimum absolute atomic E-state index is 0.0159. The Hall–Kier alpha value is -4.39. The molecule has 1 aromatic carbocycles. The quantitative estimate of drug-likeness (QED) is 0.385. The van der Waals surface area contributed by atoms with Gasteiger partial charge < -0.3 is 10.2 Å². The number of carbonyl (C=O) groups excluding carboxylic acids is 1. The van der Waals surface area contributed by atoms with Crippen molar-refractivity contribution in [2.45, 2.75) is 17.7 Å². The summed E-state index contributed by atoms with van der Waals surface area (Å²) in [6.45, 7) is 1.30. The van der Waals surface area contributed by atoms with Crippen molar-refractivity contribution in [1.29, 1.82) is 0 Å². The van der Waals surface area contributed by atoms with Crippen molar-refractivity contribution in [1.82, 2.24) is 29.7 Å². The van der Waals surface area contributed by atoms with Crippen LogP contribution in [0.4, 0.5) is 17.5 Å². The summed E-state index contributed by atoms with van der Waals surface area (Å²) in [6, 6.07) is 11.3. The van der Waals surface area contributed by atoms with E-state index in [1.165, 1.54) is 24.5 Å². The minimum atomic E-state index is -3.85.